The van der Waals surface area contributed by atoms with Crippen molar-refractivity contribution in [2.24, 2.45) is 0 Å². The molecule has 29 heavy (non-hydrogen) atoms. The van der Waals surface area contributed by atoms with E-state index in [4.69, 9.17) is 13.9 Å². The maximum Gasteiger partial charge on any atom is 0.375 e. The number of nitrogens with zero attached hydrogens (tertiary/aromatic N) is 1. The number of carbonyl (C=O) groups excluding carboxylic acids is 2. The fourth-order valence-electron chi connectivity index (χ4n) is 2.77. The molecule has 0 bridgehead atoms. The second-order valence-corrected chi connectivity index (χ2v) is 6.54. The molecule has 3 rings (SSSR count). The molecule has 0 aliphatic carbocycles. The molecule has 0 fully saturated rings. The zero-order valence-electron chi connectivity index (χ0n) is 16.4. The van der Waals surface area contributed by atoms with E-state index in [0.29, 0.717) is 11.3 Å². The maximum atomic E-state index is 12.4. The lowest BCUT2D eigenvalue weighted by atomic mass is 10.1. The minimum absolute atomic E-state index is 0.0347. The van der Waals surface area contributed by atoms with Gasteiger partial charge in [-0.25, -0.2) is 4.79 Å². The molecule has 0 aliphatic heterocycles. The van der Waals surface area contributed by atoms with E-state index in [1.807, 2.05) is 67.6 Å². The van der Waals surface area contributed by atoms with Crippen LogP contribution in [0, 0.1) is 0 Å². The number of para-hydroxylation sites is 1. The minimum Gasteiger partial charge on any atom is -0.489 e. The van der Waals surface area contributed by atoms with Crippen LogP contribution in [-0.2, 0) is 16.1 Å². The monoisotopic (exact) mass is 393 g/mol. The summed E-state index contributed by atoms with van der Waals surface area (Å²) >= 11 is 0. The predicted molar refractivity (Wildman–Crippen MR) is 107 cm³/mol. The molecule has 0 radical (unpaired) electrons. The van der Waals surface area contributed by atoms with Gasteiger partial charge < -0.3 is 18.8 Å². The van der Waals surface area contributed by atoms with Crippen LogP contribution in [0.5, 0.6) is 5.75 Å². The van der Waals surface area contributed by atoms with Gasteiger partial charge in [-0.05, 0) is 30.7 Å². The third-order valence-corrected chi connectivity index (χ3v) is 4.65. The number of esters is 1. The van der Waals surface area contributed by atoms with Gasteiger partial charge in [-0.3, -0.25) is 4.79 Å². The number of hydrogen-bond acceptors (Lipinski definition) is 5. The first-order chi connectivity index (χ1) is 14.1. The van der Waals surface area contributed by atoms with Crippen LogP contribution >= 0.6 is 0 Å². The standard InChI is InChI=1S/C23H23NO5/c1-17(18-9-5-3-6-10-18)24(2)21(25)16-29-23(26)22-19(13-14-27-22)15-28-20-11-7-4-8-12-20/h3-14,17H,15-16H2,1-2H3. The molecule has 1 amide bonds. The van der Waals surface area contributed by atoms with Crippen LogP contribution < -0.4 is 4.74 Å². The summed E-state index contributed by atoms with van der Waals surface area (Å²) in [6, 6.07) is 20.4. The largest absolute Gasteiger partial charge is 0.489 e. The molecular weight excluding hydrogens is 370 g/mol. The lowest BCUT2D eigenvalue weighted by Gasteiger charge is -2.25. The highest BCUT2D eigenvalue weighted by atomic mass is 16.5. The Balaban J connectivity index is 1.54. The Hall–Kier alpha value is -3.54. The predicted octanol–water partition coefficient (Wildman–Crippen LogP) is 4.24. The summed E-state index contributed by atoms with van der Waals surface area (Å²) in [5.41, 5.74) is 1.55. The van der Waals surface area contributed by atoms with E-state index >= 15 is 0 Å². The molecule has 0 saturated carbocycles. The third-order valence-electron chi connectivity index (χ3n) is 4.65. The highest BCUT2D eigenvalue weighted by Gasteiger charge is 2.22. The third kappa shape index (κ3) is 5.25. The van der Waals surface area contributed by atoms with Crippen LogP contribution in [0.2, 0.25) is 0 Å². The molecular formula is C23H23NO5. The van der Waals surface area contributed by atoms with Crippen LogP contribution in [-0.4, -0.2) is 30.4 Å². The molecule has 3 aromatic rings. The molecule has 0 N–H and O–H groups in total. The first-order valence-corrected chi connectivity index (χ1v) is 9.28. The van der Waals surface area contributed by atoms with E-state index < -0.39 is 5.97 Å². The fraction of sp³-hybridized carbons (Fsp3) is 0.217. The van der Waals surface area contributed by atoms with Gasteiger partial charge >= 0.3 is 5.97 Å². The SMILES string of the molecule is CC(c1ccccc1)N(C)C(=O)COC(=O)c1occc1COc1ccccc1. The van der Waals surface area contributed by atoms with Crippen molar-refractivity contribution in [1.82, 2.24) is 4.90 Å². The summed E-state index contributed by atoms with van der Waals surface area (Å²) in [6.07, 6.45) is 1.39. The first-order valence-electron chi connectivity index (χ1n) is 9.28. The van der Waals surface area contributed by atoms with Gasteiger partial charge in [-0.15, -0.1) is 0 Å². The van der Waals surface area contributed by atoms with Gasteiger partial charge in [0.1, 0.15) is 12.4 Å². The summed E-state index contributed by atoms with van der Waals surface area (Å²) in [7, 11) is 1.68. The number of benzene rings is 2. The van der Waals surface area contributed by atoms with E-state index in [0.717, 1.165) is 5.56 Å². The van der Waals surface area contributed by atoms with Crippen molar-refractivity contribution in [2.45, 2.75) is 19.6 Å². The Morgan fingerprint density at radius 2 is 1.66 bits per heavy atom. The summed E-state index contributed by atoms with van der Waals surface area (Å²) in [5, 5.41) is 0. The summed E-state index contributed by atoms with van der Waals surface area (Å²) < 4.78 is 16.1. The average Bonchev–Trinajstić information content (AvgIpc) is 3.25. The van der Waals surface area contributed by atoms with Crippen LogP contribution in [0.4, 0.5) is 0 Å². The van der Waals surface area contributed by atoms with Crippen molar-refractivity contribution in [3.8, 4) is 5.75 Å². The van der Waals surface area contributed by atoms with Gasteiger partial charge in [0.15, 0.2) is 6.61 Å². The van der Waals surface area contributed by atoms with Crippen molar-refractivity contribution >= 4 is 11.9 Å². The Bertz CT molecular complexity index is 936. The van der Waals surface area contributed by atoms with E-state index in [1.54, 1.807) is 18.0 Å². The summed E-state index contributed by atoms with van der Waals surface area (Å²) in [4.78, 5) is 26.3. The molecule has 1 atom stereocenters. The zero-order chi connectivity index (χ0) is 20.6. The average molecular weight is 393 g/mol. The number of amides is 1. The second-order valence-electron chi connectivity index (χ2n) is 6.54. The number of rotatable bonds is 8. The highest BCUT2D eigenvalue weighted by Crippen LogP contribution is 2.19. The van der Waals surface area contributed by atoms with Crippen LogP contribution in [0.15, 0.2) is 77.4 Å². The van der Waals surface area contributed by atoms with Gasteiger partial charge in [-0.1, -0.05) is 48.5 Å². The Kier molecular flexibility index (Phi) is 6.68. The topological polar surface area (TPSA) is 69.0 Å². The zero-order valence-corrected chi connectivity index (χ0v) is 16.4. The minimum atomic E-state index is -0.698. The number of hydrogen-bond donors (Lipinski definition) is 0. The highest BCUT2D eigenvalue weighted by molar-refractivity contribution is 5.90. The number of carbonyl (C=O) groups is 2. The molecule has 6 heteroatoms. The molecule has 6 nitrogen and oxygen atoms in total. The van der Waals surface area contributed by atoms with Gasteiger partial charge in [0.2, 0.25) is 5.76 Å². The smallest absolute Gasteiger partial charge is 0.375 e. The van der Waals surface area contributed by atoms with Gasteiger partial charge in [-0.2, -0.15) is 0 Å². The Morgan fingerprint density at radius 3 is 2.34 bits per heavy atom. The van der Waals surface area contributed by atoms with Gasteiger partial charge in [0.05, 0.1) is 12.3 Å². The molecule has 0 aliphatic rings. The molecule has 1 heterocycles. The van der Waals surface area contributed by atoms with E-state index in [2.05, 4.69) is 0 Å². The van der Waals surface area contributed by atoms with E-state index in [9.17, 15) is 9.59 Å². The van der Waals surface area contributed by atoms with Gasteiger partial charge in [0.25, 0.3) is 5.91 Å². The molecule has 0 spiro atoms. The summed E-state index contributed by atoms with van der Waals surface area (Å²) in [6.45, 7) is 1.70. The second kappa shape index (κ2) is 9.59. The first kappa shape index (κ1) is 20.2. The quantitative estimate of drug-likeness (QED) is 0.536. The lowest BCUT2D eigenvalue weighted by Crippen LogP contribution is -2.33. The van der Waals surface area contributed by atoms with Crippen LogP contribution in [0.1, 0.15) is 34.6 Å². The van der Waals surface area contributed by atoms with Crippen LogP contribution in [0.3, 0.4) is 0 Å². The van der Waals surface area contributed by atoms with Crippen LogP contribution in [0.25, 0.3) is 0 Å². The lowest BCUT2D eigenvalue weighted by molar-refractivity contribution is -0.135. The Morgan fingerprint density at radius 1 is 1.00 bits per heavy atom. The number of furan rings is 1. The van der Waals surface area contributed by atoms with Crippen molar-refractivity contribution in [3.63, 3.8) is 0 Å². The maximum absolute atomic E-state index is 12.4. The fourth-order valence-corrected chi connectivity index (χ4v) is 2.77. The molecule has 0 saturated heterocycles. The molecule has 150 valence electrons. The number of likely N-dealkylation sites (N-methyl/N-ethyl adjacent to an activating group) is 1. The van der Waals surface area contributed by atoms with E-state index in [1.165, 1.54) is 6.26 Å². The van der Waals surface area contributed by atoms with Gasteiger partial charge in [0, 0.05) is 12.6 Å². The number of ether oxygens (including phenoxy) is 2. The van der Waals surface area contributed by atoms with Crippen molar-refractivity contribution in [1.29, 1.82) is 0 Å². The van der Waals surface area contributed by atoms with Crippen molar-refractivity contribution in [3.05, 3.63) is 89.9 Å². The van der Waals surface area contributed by atoms with Crippen molar-refractivity contribution < 1.29 is 23.5 Å². The molecule has 1 unspecified atom stereocenters. The van der Waals surface area contributed by atoms with Crippen molar-refractivity contribution in [2.75, 3.05) is 13.7 Å². The Labute approximate surface area is 169 Å². The molecule has 1 aromatic heterocycles. The normalized spacial score (nSPS) is 11.5. The molecule has 2 aromatic carbocycles. The summed E-state index contributed by atoms with van der Waals surface area (Å²) in [5.74, 6) is -0.286. The van der Waals surface area contributed by atoms with E-state index in [-0.39, 0.29) is 30.9 Å².